The van der Waals surface area contributed by atoms with Gasteiger partial charge in [0.15, 0.2) is 0 Å². The third-order valence-electron chi connectivity index (χ3n) is 2.56. The van der Waals surface area contributed by atoms with Crippen molar-refractivity contribution in [2.45, 2.75) is 6.92 Å². The SMILES string of the molecule is Cc1cc(Nc2ccc(Cl)c(Br)c2)ccc1C#N. The summed E-state index contributed by atoms with van der Waals surface area (Å²) in [4.78, 5) is 0. The smallest absolute Gasteiger partial charge is 0.0994 e. The molecule has 2 rings (SSSR count). The van der Waals surface area contributed by atoms with Crippen molar-refractivity contribution in [2.75, 3.05) is 5.32 Å². The first kappa shape index (κ1) is 12.9. The van der Waals surface area contributed by atoms with Crippen LogP contribution in [-0.4, -0.2) is 0 Å². The molecule has 0 amide bonds. The summed E-state index contributed by atoms with van der Waals surface area (Å²) in [5.41, 5.74) is 3.53. The molecule has 0 atom stereocenters. The number of nitrogens with zero attached hydrogens (tertiary/aromatic N) is 1. The summed E-state index contributed by atoms with van der Waals surface area (Å²) in [6.07, 6.45) is 0. The van der Waals surface area contributed by atoms with Gasteiger partial charge in [-0.05, 0) is 64.8 Å². The van der Waals surface area contributed by atoms with Crippen LogP contribution in [0.25, 0.3) is 0 Å². The molecule has 0 saturated heterocycles. The number of nitrogens with one attached hydrogen (secondary N) is 1. The van der Waals surface area contributed by atoms with Crippen molar-refractivity contribution in [3.05, 3.63) is 57.0 Å². The highest BCUT2D eigenvalue weighted by Gasteiger charge is 2.02. The summed E-state index contributed by atoms with van der Waals surface area (Å²) in [6.45, 7) is 1.92. The van der Waals surface area contributed by atoms with E-state index < -0.39 is 0 Å². The Morgan fingerprint density at radius 1 is 1.17 bits per heavy atom. The summed E-state index contributed by atoms with van der Waals surface area (Å²) in [5.74, 6) is 0. The van der Waals surface area contributed by atoms with Gasteiger partial charge in [-0.3, -0.25) is 0 Å². The van der Waals surface area contributed by atoms with E-state index in [4.69, 9.17) is 16.9 Å². The molecular formula is C14H10BrClN2. The minimum absolute atomic E-state index is 0.677. The minimum atomic E-state index is 0.677. The van der Waals surface area contributed by atoms with E-state index in [1.54, 1.807) is 0 Å². The van der Waals surface area contributed by atoms with Crippen molar-refractivity contribution in [2.24, 2.45) is 0 Å². The van der Waals surface area contributed by atoms with Crippen molar-refractivity contribution >= 4 is 38.9 Å². The van der Waals surface area contributed by atoms with Gasteiger partial charge in [-0.15, -0.1) is 0 Å². The second-order valence-corrected chi connectivity index (χ2v) is 5.16. The number of anilines is 2. The second kappa shape index (κ2) is 5.43. The Bertz CT molecular complexity index is 632. The fraction of sp³-hybridized carbons (Fsp3) is 0.0714. The number of nitriles is 1. The van der Waals surface area contributed by atoms with E-state index in [1.165, 1.54) is 0 Å². The summed E-state index contributed by atoms with van der Waals surface area (Å²) in [5, 5.41) is 12.8. The maximum atomic E-state index is 8.87. The first-order valence-electron chi connectivity index (χ1n) is 5.33. The van der Waals surface area contributed by atoms with E-state index in [-0.39, 0.29) is 0 Å². The topological polar surface area (TPSA) is 35.8 Å². The zero-order chi connectivity index (χ0) is 13.1. The van der Waals surface area contributed by atoms with Crippen LogP contribution in [0.3, 0.4) is 0 Å². The van der Waals surface area contributed by atoms with Gasteiger partial charge < -0.3 is 5.32 Å². The molecule has 1 N–H and O–H groups in total. The molecule has 0 bridgehead atoms. The van der Waals surface area contributed by atoms with Crippen LogP contribution in [0.1, 0.15) is 11.1 Å². The van der Waals surface area contributed by atoms with Crippen LogP contribution in [0.15, 0.2) is 40.9 Å². The maximum Gasteiger partial charge on any atom is 0.0994 e. The van der Waals surface area contributed by atoms with Gasteiger partial charge in [-0.1, -0.05) is 11.6 Å². The fourth-order valence-electron chi connectivity index (χ4n) is 1.61. The van der Waals surface area contributed by atoms with Crippen molar-refractivity contribution in [3.8, 4) is 6.07 Å². The Kier molecular flexibility index (Phi) is 3.90. The molecule has 4 heteroatoms. The Morgan fingerprint density at radius 2 is 1.83 bits per heavy atom. The largest absolute Gasteiger partial charge is 0.355 e. The average Bonchev–Trinajstić information content (AvgIpc) is 2.34. The highest BCUT2D eigenvalue weighted by molar-refractivity contribution is 9.10. The number of aryl methyl sites for hydroxylation is 1. The first-order chi connectivity index (χ1) is 8.60. The van der Waals surface area contributed by atoms with Gasteiger partial charge in [-0.2, -0.15) is 5.26 Å². The lowest BCUT2D eigenvalue weighted by molar-refractivity contribution is 1.38. The highest BCUT2D eigenvalue weighted by Crippen LogP contribution is 2.27. The number of benzene rings is 2. The van der Waals surface area contributed by atoms with Gasteiger partial charge in [0, 0.05) is 15.8 Å². The van der Waals surface area contributed by atoms with Crippen molar-refractivity contribution in [3.63, 3.8) is 0 Å². The van der Waals surface area contributed by atoms with Gasteiger partial charge in [0.05, 0.1) is 16.7 Å². The van der Waals surface area contributed by atoms with Crippen molar-refractivity contribution < 1.29 is 0 Å². The van der Waals surface area contributed by atoms with Crippen LogP contribution in [0.2, 0.25) is 5.02 Å². The fourth-order valence-corrected chi connectivity index (χ4v) is 2.10. The molecule has 0 radical (unpaired) electrons. The molecule has 0 unspecified atom stereocenters. The third-order valence-corrected chi connectivity index (χ3v) is 3.77. The van der Waals surface area contributed by atoms with Gasteiger partial charge in [0.1, 0.15) is 0 Å². The Morgan fingerprint density at radius 3 is 2.44 bits per heavy atom. The molecule has 0 heterocycles. The molecular weight excluding hydrogens is 312 g/mol. The van der Waals surface area contributed by atoms with Crippen LogP contribution in [0.5, 0.6) is 0 Å². The lowest BCUT2D eigenvalue weighted by Crippen LogP contribution is -1.92. The molecule has 2 aromatic carbocycles. The van der Waals surface area contributed by atoms with Crippen LogP contribution in [0, 0.1) is 18.3 Å². The summed E-state index contributed by atoms with van der Waals surface area (Å²) >= 11 is 9.32. The van der Waals surface area contributed by atoms with Crippen molar-refractivity contribution in [1.82, 2.24) is 0 Å². The molecule has 18 heavy (non-hydrogen) atoms. The number of hydrogen-bond acceptors (Lipinski definition) is 2. The van der Waals surface area contributed by atoms with Gasteiger partial charge in [0.2, 0.25) is 0 Å². The third kappa shape index (κ3) is 2.84. The molecule has 2 nitrogen and oxygen atoms in total. The van der Waals surface area contributed by atoms with E-state index in [9.17, 15) is 0 Å². The van der Waals surface area contributed by atoms with Crippen LogP contribution in [0.4, 0.5) is 11.4 Å². The number of halogens is 2. The predicted molar refractivity (Wildman–Crippen MR) is 78.3 cm³/mol. The molecule has 0 aliphatic carbocycles. The van der Waals surface area contributed by atoms with E-state index in [0.717, 1.165) is 21.4 Å². The summed E-state index contributed by atoms with van der Waals surface area (Å²) < 4.78 is 0.847. The van der Waals surface area contributed by atoms with Gasteiger partial charge in [-0.25, -0.2) is 0 Å². The average molecular weight is 322 g/mol. The van der Waals surface area contributed by atoms with Crippen LogP contribution in [-0.2, 0) is 0 Å². The zero-order valence-electron chi connectivity index (χ0n) is 9.67. The van der Waals surface area contributed by atoms with E-state index >= 15 is 0 Å². The van der Waals surface area contributed by atoms with Gasteiger partial charge in [0.25, 0.3) is 0 Å². The molecule has 0 aliphatic rings. The Hall–Kier alpha value is -1.50. The summed E-state index contributed by atoms with van der Waals surface area (Å²) in [7, 11) is 0. The molecule has 2 aromatic rings. The lowest BCUT2D eigenvalue weighted by atomic mass is 10.1. The highest BCUT2D eigenvalue weighted by atomic mass is 79.9. The van der Waals surface area contributed by atoms with Crippen LogP contribution >= 0.6 is 27.5 Å². The Balaban J connectivity index is 2.26. The minimum Gasteiger partial charge on any atom is -0.355 e. The Labute approximate surface area is 119 Å². The normalized spacial score (nSPS) is 9.89. The van der Waals surface area contributed by atoms with Crippen LogP contribution < -0.4 is 5.32 Å². The zero-order valence-corrected chi connectivity index (χ0v) is 12.0. The maximum absolute atomic E-state index is 8.87. The monoisotopic (exact) mass is 320 g/mol. The number of hydrogen-bond donors (Lipinski definition) is 1. The summed E-state index contributed by atoms with van der Waals surface area (Å²) in [6, 6.07) is 13.4. The molecule has 90 valence electrons. The van der Waals surface area contributed by atoms with Gasteiger partial charge >= 0.3 is 0 Å². The standard InChI is InChI=1S/C14H10BrClN2/c1-9-6-11(3-2-10(9)8-17)18-12-4-5-14(16)13(15)7-12/h2-7,18H,1H3. The van der Waals surface area contributed by atoms with E-state index in [0.29, 0.717) is 10.6 Å². The molecule has 0 fully saturated rings. The van der Waals surface area contributed by atoms with E-state index in [1.807, 2.05) is 43.3 Å². The quantitative estimate of drug-likeness (QED) is 0.842. The molecule has 0 spiro atoms. The predicted octanol–water partition coefficient (Wildman–Crippen LogP) is 5.03. The number of rotatable bonds is 2. The van der Waals surface area contributed by atoms with E-state index in [2.05, 4.69) is 27.3 Å². The lowest BCUT2D eigenvalue weighted by Gasteiger charge is -2.09. The molecule has 0 aromatic heterocycles. The molecule has 0 saturated carbocycles. The van der Waals surface area contributed by atoms with Crippen molar-refractivity contribution in [1.29, 1.82) is 5.26 Å². The first-order valence-corrected chi connectivity index (χ1v) is 6.50. The molecule has 0 aliphatic heterocycles. The second-order valence-electron chi connectivity index (χ2n) is 3.90.